The summed E-state index contributed by atoms with van der Waals surface area (Å²) in [6, 6.07) is 6.83. The Labute approximate surface area is 150 Å². The van der Waals surface area contributed by atoms with Crippen LogP contribution in [0.4, 0.5) is 0 Å². The third-order valence-corrected chi connectivity index (χ3v) is 4.58. The predicted octanol–water partition coefficient (Wildman–Crippen LogP) is 1.71. The fourth-order valence-corrected chi connectivity index (χ4v) is 2.99. The van der Waals surface area contributed by atoms with Crippen LogP contribution in [0.1, 0.15) is 37.2 Å². The highest BCUT2D eigenvalue weighted by molar-refractivity contribution is 7.99. The predicted molar refractivity (Wildman–Crippen MR) is 99.5 cm³/mol. The lowest BCUT2D eigenvalue weighted by Gasteiger charge is -2.11. The van der Waals surface area contributed by atoms with E-state index in [1.54, 1.807) is 24.3 Å². The minimum Gasteiger partial charge on any atom is -0.272 e. The second-order valence-corrected chi connectivity index (χ2v) is 6.58. The Morgan fingerprint density at radius 3 is 2.52 bits per heavy atom. The summed E-state index contributed by atoms with van der Waals surface area (Å²) in [5.74, 6) is 0.334. The van der Waals surface area contributed by atoms with Gasteiger partial charge in [0.05, 0.1) is 11.1 Å². The Kier molecular flexibility index (Phi) is 7.00. The summed E-state index contributed by atoms with van der Waals surface area (Å²) in [6.45, 7) is 4.38. The summed E-state index contributed by atoms with van der Waals surface area (Å²) >= 11 is 1.50. The van der Waals surface area contributed by atoms with Gasteiger partial charge in [0.25, 0.3) is 11.5 Å². The van der Waals surface area contributed by atoms with Crippen LogP contribution in [-0.4, -0.2) is 33.1 Å². The van der Waals surface area contributed by atoms with Gasteiger partial charge in [-0.2, -0.15) is 16.9 Å². The van der Waals surface area contributed by atoms with Crippen LogP contribution in [0.2, 0.25) is 0 Å². The molecule has 0 saturated carbocycles. The van der Waals surface area contributed by atoms with Crippen LogP contribution in [0.5, 0.6) is 0 Å². The molecule has 0 radical (unpaired) electrons. The summed E-state index contributed by atoms with van der Waals surface area (Å²) in [5.41, 5.74) is 4.65. The van der Waals surface area contributed by atoms with E-state index in [0.717, 1.165) is 18.6 Å². The zero-order valence-corrected chi connectivity index (χ0v) is 15.2. The fraction of sp³-hybridized carbons (Fsp3) is 0.412. The van der Waals surface area contributed by atoms with Gasteiger partial charge in [-0.05, 0) is 24.7 Å². The molecule has 8 heteroatoms. The Morgan fingerprint density at radius 2 is 1.84 bits per heavy atom. The van der Waals surface area contributed by atoms with E-state index in [9.17, 15) is 14.4 Å². The first-order valence-electron chi connectivity index (χ1n) is 8.25. The first-order chi connectivity index (χ1) is 12.1. The number of aryl methyl sites for hydroxylation is 1. The third-order valence-electron chi connectivity index (χ3n) is 3.42. The molecule has 0 unspecified atom stereocenters. The van der Waals surface area contributed by atoms with Crippen molar-refractivity contribution in [1.82, 2.24) is 20.6 Å². The second kappa shape index (κ2) is 9.22. The standard InChI is InChI=1S/C17H22N4O3S/c1-3-9-21-17(24)13-8-6-5-7-12(13)15(20-21)16(23)19-18-14(22)11-25-10-4-2/h5-8H,3-4,9-11H2,1-2H3,(H,18,22)(H,19,23). The van der Waals surface area contributed by atoms with Gasteiger partial charge in [0.2, 0.25) is 5.91 Å². The van der Waals surface area contributed by atoms with E-state index < -0.39 is 5.91 Å². The molecule has 1 aromatic heterocycles. The maximum absolute atomic E-state index is 12.5. The SMILES string of the molecule is CCCSCC(=O)NNC(=O)c1nn(CCC)c(=O)c2ccccc12. The number of amides is 2. The molecule has 0 fully saturated rings. The molecule has 0 aliphatic rings. The number of nitrogens with one attached hydrogen (secondary N) is 2. The number of carbonyl (C=O) groups excluding carboxylic acids is 2. The maximum atomic E-state index is 12.5. The van der Waals surface area contributed by atoms with Gasteiger partial charge >= 0.3 is 0 Å². The van der Waals surface area contributed by atoms with E-state index in [1.165, 1.54) is 16.4 Å². The van der Waals surface area contributed by atoms with Crippen molar-refractivity contribution in [3.05, 3.63) is 40.3 Å². The molecule has 7 nitrogen and oxygen atoms in total. The molecule has 25 heavy (non-hydrogen) atoms. The van der Waals surface area contributed by atoms with Crippen LogP contribution < -0.4 is 16.4 Å². The van der Waals surface area contributed by atoms with Crippen molar-refractivity contribution in [1.29, 1.82) is 0 Å². The van der Waals surface area contributed by atoms with Crippen LogP contribution >= 0.6 is 11.8 Å². The van der Waals surface area contributed by atoms with Gasteiger partial charge in [-0.1, -0.05) is 32.0 Å². The number of thioether (sulfide) groups is 1. The number of hydrogen-bond donors (Lipinski definition) is 2. The lowest BCUT2D eigenvalue weighted by molar-refractivity contribution is -0.119. The molecule has 2 aromatic rings. The van der Waals surface area contributed by atoms with Crippen LogP contribution in [0.3, 0.4) is 0 Å². The van der Waals surface area contributed by atoms with Crippen LogP contribution in [-0.2, 0) is 11.3 Å². The molecule has 0 aliphatic carbocycles. The average molecular weight is 362 g/mol. The Hall–Kier alpha value is -2.35. The molecule has 0 spiro atoms. The number of hydrazine groups is 1. The molecular weight excluding hydrogens is 340 g/mol. The summed E-state index contributed by atoms with van der Waals surface area (Å²) in [5, 5.41) is 5.08. The Bertz CT molecular complexity index is 819. The topological polar surface area (TPSA) is 93.1 Å². The monoisotopic (exact) mass is 362 g/mol. The zero-order chi connectivity index (χ0) is 18.2. The number of carbonyl (C=O) groups is 2. The number of fused-ring (bicyclic) bond motifs is 1. The molecule has 0 bridgehead atoms. The smallest absolute Gasteiger partial charge is 0.272 e. The van der Waals surface area contributed by atoms with Gasteiger partial charge in [-0.25, -0.2) is 4.68 Å². The van der Waals surface area contributed by atoms with Crippen molar-refractivity contribution in [2.24, 2.45) is 0 Å². The molecule has 0 atom stereocenters. The minimum absolute atomic E-state index is 0.116. The lowest BCUT2D eigenvalue weighted by atomic mass is 10.1. The van der Waals surface area contributed by atoms with E-state index in [1.807, 2.05) is 13.8 Å². The molecule has 2 rings (SSSR count). The van der Waals surface area contributed by atoms with E-state index in [-0.39, 0.29) is 22.9 Å². The zero-order valence-electron chi connectivity index (χ0n) is 14.4. The van der Waals surface area contributed by atoms with Crippen LogP contribution in [0, 0.1) is 0 Å². The molecule has 0 saturated heterocycles. The van der Waals surface area contributed by atoms with Crippen molar-refractivity contribution >= 4 is 34.3 Å². The van der Waals surface area contributed by atoms with Gasteiger partial charge in [0, 0.05) is 11.9 Å². The number of rotatable bonds is 7. The van der Waals surface area contributed by atoms with Crippen molar-refractivity contribution in [3.63, 3.8) is 0 Å². The van der Waals surface area contributed by atoms with Gasteiger partial charge < -0.3 is 0 Å². The van der Waals surface area contributed by atoms with Crippen molar-refractivity contribution < 1.29 is 9.59 Å². The third kappa shape index (κ3) is 4.82. The van der Waals surface area contributed by atoms with Crippen molar-refractivity contribution in [2.75, 3.05) is 11.5 Å². The second-order valence-electron chi connectivity index (χ2n) is 5.48. The molecule has 1 aromatic carbocycles. The highest BCUT2D eigenvalue weighted by Gasteiger charge is 2.16. The van der Waals surface area contributed by atoms with Crippen LogP contribution in [0.25, 0.3) is 10.8 Å². The molecule has 134 valence electrons. The van der Waals surface area contributed by atoms with E-state index in [0.29, 0.717) is 17.3 Å². The van der Waals surface area contributed by atoms with Crippen molar-refractivity contribution in [3.8, 4) is 0 Å². The van der Waals surface area contributed by atoms with E-state index in [2.05, 4.69) is 16.0 Å². The Balaban J connectivity index is 2.21. The summed E-state index contributed by atoms with van der Waals surface area (Å²) in [6.07, 6.45) is 1.71. The van der Waals surface area contributed by atoms with Gasteiger partial charge in [0.15, 0.2) is 5.69 Å². The van der Waals surface area contributed by atoms with Crippen LogP contribution in [0.15, 0.2) is 29.1 Å². The van der Waals surface area contributed by atoms with Crippen molar-refractivity contribution in [2.45, 2.75) is 33.2 Å². The first kappa shape index (κ1) is 19.0. The molecule has 0 aliphatic heterocycles. The number of aromatic nitrogens is 2. The minimum atomic E-state index is -0.546. The first-order valence-corrected chi connectivity index (χ1v) is 9.40. The quantitative estimate of drug-likeness (QED) is 0.578. The average Bonchev–Trinajstić information content (AvgIpc) is 2.62. The molecular formula is C17H22N4O3S. The van der Waals surface area contributed by atoms with E-state index >= 15 is 0 Å². The number of benzene rings is 1. The van der Waals surface area contributed by atoms with E-state index in [4.69, 9.17) is 0 Å². The lowest BCUT2D eigenvalue weighted by Crippen LogP contribution is -2.43. The number of hydrogen-bond acceptors (Lipinski definition) is 5. The fourth-order valence-electron chi connectivity index (χ4n) is 2.30. The number of nitrogens with zero attached hydrogens (tertiary/aromatic N) is 2. The summed E-state index contributed by atoms with van der Waals surface area (Å²) < 4.78 is 1.29. The normalized spacial score (nSPS) is 10.6. The molecule has 2 N–H and O–H groups in total. The molecule has 1 heterocycles. The van der Waals surface area contributed by atoms with Gasteiger partial charge in [-0.15, -0.1) is 0 Å². The summed E-state index contributed by atoms with van der Waals surface area (Å²) in [4.78, 5) is 36.6. The Morgan fingerprint density at radius 1 is 1.12 bits per heavy atom. The van der Waals surface area contributed by atoms with Gasteiger partial charge in [0.1, 0.15) is 0 Å². The molecule has 2 amide bonds. The highest BCUT2D eigenvalue weighted by atomic mass is 32.2. The van der Waals surface area contributed by atoms with Gasteiger partial charge in [-0.3, -0.25) is 25.2 Å². The maximum Gasteiger partial charge on any atom is 0.290 e. The largest absolute Gasteiger partial charge is 0.290 e. The summed E-state index contributed by atoms with van der Waals surface area (Å²) in [7, 11) is 0. The highest BCUT2D eigenvalue weighted by Crippen LogP contribution is 2.13.